The molecule has 0 amide bonds. The topological polar surface area (TPSA) is 89.3 Å². The standard InChI is InChI=1S/C6H13ClN2O2/c7-4(3-8)1-2-5(9)6(10)11/h4-5H,1-3,8-9H2,(H,10,11)/t4?,5-/m0/s1. The van der Waals surface area contributed by atoms with E-state index in [1.54, 1.807) is 0 Å². The van der Waals surface area contributed by atoms with Crippen LogP contribution in [0.1, 0.15) is 12.8 Å². The van der Waals surface area contributed by atoms with Gasteiger partial charge in [-0.05, 0) is 12.8 Å². The normalized spacial score (nSPS) is 15.9. The Bertz CT molecular complexity index is 132. The second-order valence-electron chi connectivity index (χ2n) is 2.36. The lowest BCUT2D eigenvalue weighted by molar-refractivity contribution is -0.138. The van der Waals surface area contributed by atoms with E-state index in [2.05, 4.69) is 0 Å². The third-order valence-corrected chi connectivity index (χ3v) is 1.76. The molecule has 0 saturated heterocycles. The number of carbonyl (C=O) groups is 1. The zero-order chi connectivity index (χ0) is 8.85. The molecule has 0 aromatic carbocycles. The van der Waals surface area contributed by atoms with Gasteiger partial charge in [0, 0.05) is 11.9 Å². The molecule has 0 bridgehead atoms. The molecule has 5 heteroatoms. The van der Waals surface area contributed by atoms with Crippen molar-refractivity contribution in [3.63, 3.8) is 0 Å². The summed E-state index contributed by atoms with van der Waals surface area (Å²) in [5.74, 6) is -0.995. The average Bonchev–Trinajstić information content (AvgIpc) is 1.99. The Hall–Kier alpha value is -0.320. The summed E-state index contributed by atoms with van der Waals surface area (Å²) in [5, 5.41) is 8.20. The molecule has 0 rings (SSSR count). The summed E-state index contributed by atoms with van der Waals surface area (Å²) < 4.78 is 0. The van der Waals surface area contributed by atoms with E-state index in [0.717, 1.165) is 0 Å². The number of rotatable bonds is 5. The van der Waals surface area contributed by atoms with Crippen molar-refractivity contribution in [3.05, 3.63) is 0 Å². The van der Waals surface area contributed by atoms with Crippen LogP contribution in [0.5, 0.6) is 0 Å². The van der Waals surface area contributed by atoms with E-state index in [4.69, 9.17) is 28.2 Å². The second-order valence-corrected chi connectivity index (χ2v) is 2.97. The molecule has 2 atom stereocenters. The highest BCUT2D eigenvalue weighted by Gasteiger charge is 2.12. The van der Waals surface area contributed by atoms with Gasteiger partial charge in [-0.25, -0.2) is 0 Å². The van der Waals surface area contributed by atoms with E-state index >= 15 is 0 Å². The van der Waals surface area contributed by atoms with Crippen LogP contribution in [0.15, 0.2) is 0 Å². The molecule has 0 aromatic heterocycles. The molecule has 1 unspecified atom stereocenters. The zero-order valence-electron chi connectivity index (χ0n) is 6.16. The highest BCUT2D eigenvalue weighted by atomic mass is 35.5. The minimum absolute atomic E-state index is 0.166. The van der Waals surface area contributed by atoms with Crippen molar-refractivity contribution in [2.24, 2.45) is 11.5 Å². The molecule has 0 saturated carbocycles. The first-order valence-electron chi connectivity index (χ1n) is 3.40. The Morgan fingerprint density at radius 2 is 2.09 bits per heavy atom. The van der Waals surface area contributed by atoms with Crippen LogP contribution in [0.3, 0.4) is 0 Å². The summed E-state index contributed by atoms with van der Waals surface area (Å²) in [4.78, 5) is 10.2. The number of carboxylic acids is 1. The summed E-state index contributed by atoms with van der Waals surface area (Å²) in [7, 11) is 0. The molecule has 5 N–H and O–H groups in total. The molecule has 0 spiro atoms. The molecule has 11 heavy (non-hydrogen) atoms. The van der Waals surface area contributed by atoms with Crippen LogP contribution in [0.4, 0.5) is 0 Å². The van der Waals surface area contributed by atoms with E-state index in [1.165, 1.54) is 0 Å². The van der Waals surface area contributed by atoms with Crippen LogP contribution in [0.25, 0.3) is 0 Å². The monoisotopic (exact) mass is 180 g/mol. The Morgan fingerprint density at radius 3 is 2.45 bits per heavy atom. The van der Waals surface area contributed by atoms with Crippen LogP contribution in [0, 0.1) is 0 Å². The number of nitrogens with two attached hydrogens (primary N) is 2. The number of carboxylic acid groups (broad SMARTS) is 1. The first-order chi connectivity index (χ1) is 5.07. The molecule has 4 nitrogen and oxygen atoms in total. The molecule has 0 radical (unpaired) electrons. The lowest BCUT2D eigenvalue weighted by Gasteiger charge is -2.08. The summed E-state index contributed by atoms with van der Waals surface area (Å²) in [5.41, 5.74) is 10.4. The number of aliphatic carboxylic acids is 1. The largest absolute Gasteiger partial charge is 0.480 e. The van der Waals surface area contributed by atoms with Gasteiger partial charge in [0.15, 0.2) is 0 Å². The van der Waals surface area contributed by atoms with Crippen molar-refractivity contribution >= 4 is 17.6 Å². The van der Waals surface area contributed by atoms with Crippen LogP contribution in [0.2, 0.25) is 0 Å². The minimum atomic E-state index is -0.995. The Balaban J connectivity index is 3.45. The van der Waals surface area contributed by atoms with Crippen molar-refractivity contribution in [3.8, 4) is 0 Å². The molecular formula is C6H13ClN2O2. The lowest BCUT2D eigenvalue weighted by Crippen LogP contribution is -2.31. The number of halogens is 1. The van der Waals surface area contributed by atoms with Gasteiger partial charge in [-0.1, -0.05) is 0 Å². The highest BCUT2D eigenvalue weighted by Crippen LogP contribution is 2.05. The zero-order valence-corrected chi connectivity index (χ0v) is 6.92. The summed E-state index contributed by atoms with van der Waals surface area (Å²) >= 11 is 5.64. The molecular weight excluding hydrogens is 168 g/mol. The number of hydrogen-bond acceptors (Lipinski definition) is 3. The Kier molecular flexibility index (Phi) is 5.19. The highest BCUT2D eigenvalue weighted by molar-refractivity contribution is 6.20. The van der Waals surface area contributed by atoms with Crippen molar-refractivity contribution in [2.45, 2.75) is 24.3 Å². The predicted octanol–water partition coefficient (Wildman–Crippen LogP) is -0.255. The summed E-state index contributed by atoms with van der Waals surface area (Å²) in [6, 6.07) is -0.817. The van der Waals surface area contributed by atoms with Gasteiger partial charge in [0.25, 0.3) is 0 Å². The van der Waals surface area contributed by atoms with Crippen molar-refractivity contribution < 1.29 is 9.90 Å². The SMILES string of the molecule is NCC(Cl)CC[C@H](N)C(=O)O. The summed E-state index contributed by atoms with van der Waals surface area (Å²) in [6.07, 6.45) is 0.923. The summed E-state index contributed by atoms with van der Waals surface area (Å²) in [6.45, 7) is 0.355. The molecule has 0 heterocycles. The maximum atomic E-state index is 10.2. The Morgan fingerprint density at radius 1 is 1.55 bits per heavy atom. The van der Waals surface area contributed by atoms with E-state index in [-0.39, 0.29) is 5.38 Å². The van der Waals surface area contributed by atoms with E-state index in [0.29, 0.717) is 19.4 Å². The molecule has 0 aliphatic rings. The number of hydrogen-bond donors (Lipinski definition) is 3. The van der Waals surface area contributed by atoms with Gasteiger partial charge in [0.2, 0.25) is 0 Å². The van der Waals surface area contributed by atoms with Gasteiger partial charge in [0.05, 0.1) is 0 Å². The third-order valence-electron chi connectivity index (χ3n) is 1.36. The van der Waals surface area contributed by atoms with Gasteiger partial charge in [-0.2, -0.15) is 0 Å². The van der Waals surface area contributed by atoms with Crippen LogP contribution >= 0.6 is 11.6 Å². The maximum Gasteiger partial charge on any atom is 0.320 e. The smallest absolute Gasteiger partial charge is 0.320 e. The van der Waals surface area contributed by atoms with Crippen LogP contribution in [-0.2, 0) is 4.79 Å². The number of alkyl halides is 1. The molecule has 0 aromatic rings. The molecule has 0 aliphatic heterocycles. The van der Waals surface area contributed by atoms with Crippen molar-refractivity contribution in [2.75, 3.05) is 6.54 Å². The second kappa shape index (κ2) is 5.35. The van der Waals surface area contributed by atoms with Crippen molar-refractivity contribution in [1.82, 2.24) is 0 Å². The Labute approximate surface area is 70.5 Å². The fourth-order valence-corrected chi connectivity index (χ4v) is 0.728. The molecule has 66 valence electrons. The molecule has 0 aliphatic carbocycles. The maximum absolute atomic E-state index is 10.2. The first-order valence-corrected chi connectivity index (χ1v) is 3.84. The fraction of sp³-hybridized carbons (Fsp3) is 0.833. The minimum Gasteiger partial charge on any atom is -0.480 e. The van der Waals surface area contributed by atoms with E-state index in [1.807, 2.05) is 0 Å². The van der Waals surface area contributed by atoms with Crippen LogP contribution in [-0.4, -0.2) is 29.0 Å². The van der Waals surface area contributed by atoms with E-state index in [9.17, 15) is 4.79 Å². The molecule has 0 fully saturated rings. The van der Waals surface area contributed by atoms with Crippen LogP contribution < -0.4 is 11.5 Å². The average molecular weight is 181 g/mol. The lowest BCUT2D eigenvalue weighted by atomic mass is 10.1. The predicted molar refractivity (Wildman–Crippen MR) is 43.5 cm³/mol. The van der Waals surface area contributed by atoms with Gasteiger partial charge in [0.1, 0.15) is 6.04 Å². The van der Waals surface area contributed by atoms with Gasteiger partial charge in [-0.3, -0.25) is 4.79 Å². The first kappa shape index (κ1) is 10.7. The van der Waals surface area contributed by atoms with Gasteiger partial charge < -0.3 is 16.6 Å². The van der Waals surface area contributed by atoms with Gasteiger partial charge in [-0.15, -0.1) is 11.6 Å². The van der Waals surface area contributed by atoms with E-state index < -0.39 is 12.0 Å². The van der Waals surface area contributed by atoms with Crippen molar-refractivity contribution in [1.29, 1.82) is 0 Å². The third kappa shape index (κ3) is 5.01. The van der Waals surface area contributed by atoms with Gasteiger partial charge >= 0.3 is 5.97 Å². The quantitative estimate of drug-likeness (QED) is 0.509. The fourth-order valence-electron chi connectivity index (χ4n) is 0.602.